The van der Waals surface area contributed by atoms with Crippen LogP contribution in [-0.2, 0) is 0 Å². The van der Waals surface area contributed by atoms with Gasteiger partial charge in [0.2, 0.25) is 0 Å². The van der Waals surface area contributed by atoms with Gasteiger partial charge in [0.1, 0.15) is 0 Å². The number of benzene rings is 1. The number of piperazine rings is 1. The van der Waals surface area contributed by atoms with E-state index in [1.165, 1.54) is 13.0 Å². The number of rotatable bonds is 4. The zero-order valence-electron chi connectivity index (χ0n) is 12.7. The number of nitro benzene ring substituents is 1. The smallest absolute Gasteiger partial charge is 0.280 e. The molecule has 1 aliphatic heterocycles. The molecule has 2 rings (SSSR count). The van der Waals surface area contributed by atoms with E-state index in [1.807, 2.05) is 0 Å². The van der Waals surface area contributed by atoms with E-state index in [0.717, 1.165) is 31.9 Å². The van der Waals surface area contributed by atoms with E-state index in [2.05, 4.69) is 23.6 Å². The zero-order valence-corrected chi connectivity index (χ0v) is 12.7. The maximum Gasteiger partial charge on any atom is 0.280 e. The Morgan fingerprint density at radius 3 is 2.33 bits per heavy atom. The number of hydrogen-bond acceptors (Lipinski definition) is 5. The molecule has 114 valence electrons. The third-order valence-electron chi connectivity index (χ3n) is 3.97. The number of ketones is 1. The van der Waals surface area contributed by atoms with Crippen LogP contribution in [0.25, 0.3) is 0 Å². The predicted molar refractivity (Wildman–Crippen MR) is 82.0 cm³/mol. The molecule has 1 aliphatic rings. The molecular formula is C15H21N3O3. The third-order valence-corrected chi connectivity index (χ3v) is 3.97. The first kappa shape index (κ1) is 15.4. The summed E-state index contributed by atoms with van der Waals surface area (Å²) < 4.78 is 0. The number of Topliss-reactive ketones (excluding diaryl/α,β-unsaturated/α-hetero) is 1. The van der Waals surface area contributed by atoms with Crippen molar-refractivity contribution in [3.05, 3.63) is 33.9 Å². The van der Waals surface area contributed by atoms with E-state index in [-0.39, 0.29) is 17.0 Å². The highest BCUT2D eigenvalue weighted by molar-refractivity contribution is 5.99. The molecule has 1 aromatic carbocycles. The van der Waals surface area contributed by atoms with Crippen molar-refractivity contribution in [2.24, 2.45) is 0 Å². The standard InChI is InChI=1S/C15H21N3O3/c1-11(2)16-6-8-17(9-7-16)13-4-5-15(18(20)21)14(10-13)12(3)19/h4-5,10-11H,6-9H2,1-3H3. The summed E-state index contributed by atoms with van der Waals surface area (Å²) in [6.45, 7) is 9.38. The van der Waals surface area contributed by atoms with Crippen LogP contribution in [0.4, 0.5) is 11.4 Å². The fourth-order valence-corrected chi connectivity index (χ4v) is 2.66. The number of nitrogens with zero attached hydrogens (tertiary/aromatic N) is 3. The van der Waals surface area contributed by atoms with Gasteiger partial charge >= 0.3 is 0 Å². The minimum Gasteiger partial charge on any atom is -0.369 e. The molecule has 0 radical (unpaired) electrons. The quantitative estimate of drug-likeness (QED) is 0.484. The number of carbonyl (C=O) groups excluding carboxylic acids is 1. The largest absolute Gasteiger partial charge is 0.369 e. The minimum atomic E-state index is -0.503. The van der Waals surface area contributed by atoms with Crippen LogP contribution in [0.3, 0.4) is 0 Å². The summed E-state index contributed by atoms with van der Waals surface area (Å²) >= 11 is 0. The summed E-state index contributed by atoms with van der Waals surface area (Å²) in [4.78, 5) is 26.7. The van der Waals surface area contributed by atoms with Crippen LogP contribution in [0.5, 0.6) is 0 Å². The Labute approximate surface area is 124 Å². The first-order valence-corrected chi connectivity index (χ1v) is 7.18. The van der Waals surface area contributed by atoms with E-state index in [0.29, 0.717) is 6.04 Å². The summed E-state index contributed by atoms with van der Waals surface area (Å²) in [6, 6.07) is 5.33. The molecule has 1 aromatic rings. The molecule has 1 saturated heterocycles. The van der Waals surface area contributed by atoms with Gasteiger partial charge in [0.25, 0.3) is 5.69 Å². The first-order valence-electron chi connectivity index (χ1n) is 7.18. The van der Waals surface area contributed by atoms with Crippen molar-refractivity contribution < 1.29 is 9.72 Å². The van der Waals surface area contributed by atoms with Gasteiger partial charge in [0.15, 0.2) is 5.78 Å². The second kappa shape index (κ2) is 6.22. The maximum atomic E-state index is 11.6. The summed E-state index contributed by atoms with van der Waals surface area (Å²) in [5.74, 6) is -0.274. The molecular weight excluding hydrogens is 270 g/mol. The van der Waals surface area contributed by atoms with Gasteiger partial charge in [0.05, 0.1) is 10.5 Å². The van der Waals surface area contributed by atoms with Gasteiger partial charge in [-0.3, -0.25) is 19.8 Å². The highest BCUT2D eigenvalue weighted by atomic mass is 16.6. The average molecular weight is 291 g/mol. The number of hydrogen-bond donors (Lipinski definition) is 0. The average Bonchev–Trinajstić information content (AvgIpc) is 2.46. The molecule has 6 heteroatoms. The second-order valence-electron chi connectivity index (χ2n) is 5.63. The van der Waals surface area contributed by atoms with E-state index in [4.69, 9.17) is 0 Å². The SMILES string of the molecule is CC(=O)c1cc(N2CCN(C(C)C)CC2)ccc1[N+](=O)[O-]. The Hall–Kier alpha value is -1.95. The molecule has 0 aliphatic carbocycles. The van der Waals surface area contributed by atoms with Crippen LogP contribution < -0.4 is 4.90 Å². The van der Waals surface area contributed by atoms with Gasteiger partial charge in [-0.2, -0.15) is 0 Å². The molecule has 0 atom stereocenters. The lowest BCUT2D eigenvalue weighted by atomic mass is 10.1. The second-order valence-corrected chi connectivity index (χ2v) is 5.63. The maximum absolute atomic E-state index is 11.6. The summed E-state index contributed by atoms with van der Waals surface area (Å²) in [6.07, 6.45) is 0. The minimum absolute atomic E-state index is 0.118. The molecule has 0 spiro atoms. The van der Waals surface area contributed by atoms with Gasteiger partial charge in [-0.05, 0) is 32.9 Å². The number of carbonyl (C=O) groups is 1. The van der Waals surface area contributed by atoms with Crippen molar-refractivity contribution >= 4 is 17.2 Å². The van der Waals surface area contributed by atoms with Crippen LogP contribution in [0.2, 0.25) is 0 Å². The van der Waals surface area contributed by atoms with Crippen molar-refractivity contribution in [3.63, 3.8) is 0 Å². The van der Waals surface area contributed by atoms with E-state index in [1.54, 1.807) is 12.1 Å². The van der Waals surface area contributed by atoms with Crippen molar-refractivity contribution in [2.75, 3.05) is 31.1 Å². The molecule has 21 heavy (non-hydrogen) atoms. The van der Waals surface area contributed by atoms with Gasteiger partial charge in [-0.25, -0.2) is 0 Å². The van der Waals surface area contributed by atoms with Crippen molar-refractivity contribution in [1.82, 2.24) is 4.90 Å². The molecule has 0 unspecified atom stereocenters. The van der Waals surface area contributed by atoms with E-state index in [9.17, 15) is 14.9 Å². The number of anilines is 1. The fraction of sp³-hybridized carbons (Fsp3) is 0.533. The highest BCUT2D eigenvalue weighted by Gasteiger charge is 2.22. The van der Waals surface area contributed by atoms with Gasteiger partial charge in [-0.15, -0.1) is 0 Å². The van der Waals surface area contributed by atoms with Crippen molar-refractivity contribution in [3.8, 4) is 0 Å². The Morgan fingerprint density at radius 1 is 1.24 bits per heavy atom. The van der Waals surface area contributed by atoms with Gasteiger partial charge < -0.3 is 4.90 Å². The van der Waals surface area contributed by atoms with E-state index >= 15 is 0 Å². The lowest BCUT2D eigenvalue weighted by Gasteiger charge is -2.38. The fourth-order valence-electron chi connectivity index (χ4n) is 2.66. The lowest BCUT2D eigenvalue weighted by molar-refractivity contribution is -0.385. The van der Waals surface area contributed by atoms with Crippen LogP contribution in [0.1, 0.15) is 31.1 Å². The normalized spacial score (nSPS) is 16.3. The molecule has 1 fully saturated rings. The predicted octanol–water partition coefficient (Wildman–Crippen LogP) is 2.33. The summed E-state index contributed by atoms with van der Waals surface area (Å²) in [5.41, 5.74) is 0.949. The van der Waals surface area contributed by atoms with Crippen LogP contribution >= 0.6 is 0 Å². The Balaban J connectivity index is 2.20. The van der Waals surface area contributed by atoms with Crippen molar-refractivity contribution in [1.29, 1.82) is 0 Å². The van der Waals surface area contributed by atoms with Gasteiger partial charge in [0, 0.05) is 44.0 Å². The molecule has 0 aromatic heterocycles. The lowest BCUT2D eigenvalue weighted by Crippen LogP contribution is -2.48. The monoisotopic (exact) mass is 291 g/mol. The highest BCUT2D eigenvalue weighted by Crippen LogP contribution is 2.26. The molecule has 0 saturated carbocycles. The Morgan fingerprint density at radius 2 is 1.86 bits per heavy atom. The molecule has 0 amide bonds. The molecule has 1 heterocycles. The van der Waals surface area contributed by atoms with Crippen LogP contribution in [0.15, 0.2) is 18.2 Å². The number of nitro groups is 1. The van der Waals surface area contributed by atoms with Crippen molar-refractivity contribution in [2.45, 2.75) is 26.8 Å². The van der Waals surface area contributed by atoms with Crippen LogP contribution in [-0.4, -0.2) is 47.8 Å². The third kappa shape index (κ3) is 3.39. The molecule has 0 bridgehead atoms. The Kier molecular flexibility index (Phi) is 4.57. The molecule has 0 N–H and O–H groups in total. The molecule has 6 nitrogen and oxygen atoms in total. The van der Waals surface area contributed by atoms with Gasteiger partial charge in [-0.1, -0.05) is 0 Å². The van der Waals surface area contributed by atoms with Crippen LogP contribution in [0, 0.1) is 10.1 Å². The van der Waals surface area contributed by atoms with E-state index < -0.39 is 4.92 Å². The summed E-state index contributed by atoms with van der Waals surface area (Å²) in [5, 5.41) is 11.0. The topological polar surface area (TPSA) is 66.7 Å². The Bertz CT molecular complexity index is 549. The first-order chi connectivity index (χ1) is 9.90. The summed E-state index contributed by atoms with van der Waals surface area (Å²) in [7, 11) is 0. The zero-order chi connectivity index (χ0) is 15.6.